The maximum atomic E-state index is 10.2. The van der Waals surface area contributed by atoms with Crippen molar-refractivity contribution in [3.8, 4) is 0 Å². The SMILES string of the molecule is C=CCCCCCCCCC(=O)O.C=CCCCCCCCCC(=O)[O-].C=CCCCCCCCCC(=O)[O-].[Zn+2]. The molecule has 0 aromatic rings. The van der Waals surface area contributed by atoms with Crippen molar-refractivity contribution in [2.75, 3.05) is 0 Å². The number of rotatable bonds is 27. The molecule has 0 aliphatic heterocycles. The van der Waals surface area contributed by atoms with Gasteiger partial charge in [-0.15, -0.1) is 19.7 Å². The van der Waals surface area contributed by atoms with E-state index < -0.39 is 17.9 Å². The molecule has 0 atom stereocenters. The van der Waals surface area contributed by atoms with E-state index >= 15 is 0 Å². The molecule has 0 heterocycles. The van der Waals surface area contributed by atoms with Crippen LogP contribution in [0, 0.1) is 0 Å². The molecule has 0 aliphatic carbocycles. The van der Waals surface area contributed by atoms with Crippen LogP contribution in [0.2, 0.25) is 0 Å². The number of carboxylic acid groups (broad SMARTS) is 3. The van der Waals surface area contributed by atoms with Gasteiger partial charge >= 0.3 is 25.4 Å². The molecule has 0 aliphatic rings. The molecule has 0 fully saturated rings. The van der Waals surface area contributed by atoms with Crippen molar-refractivity contribution >= 4 is 17.9 Å². The van der Waals surface area contributed by atoms with Crippen LogP contribution in [0.1, 0.15) is 154 Å². The quantitative estimate of drug-likeness (QED) is 0.0582. The summed E-state index contributed by atoms with van der Waals surface area (Å²) in [5.74, 6) is -2.52. The second kappa shape index (κ2) is 41.7. The fraction of sp³-hybridized carbons (Fsp3) is 0.727. The Morgan fingerprint density at radius 3 is 0.900 bits per heavy atom. The molecular formula is C33H58O6Zn. The molecule has 0 rings (SSSR count). The minimum absolute atomic E-state index is 0. The molecule has 0 aromatic carbocycles. The third kappa shape index (κ3) is 56.4. The number of unbranched alkanes of at least 4 members (excludes halogenated alkanes) is 18. The van der Waals surface area contributed by atoms with Crippen molar-refractivity contribution < 1.29 is 49.2 Å². The zero-order valence-electron chi connectivity index (χ0n) is 25.5. The molecule has 228 valence electrons. The summed E-state index contributed by atoms with van der Waals surface area (Å²) in [6, 6.07) is 0. The number of carbonyl (C=O) groups excluding carboxylic acids is 2. The van der Waals surface area contributed by atoms with E-state index in [9.17, 15) is 24.6 Å². The van der Waals surface area contributed by atoms with Crippen LogP contribution in [-0.4, -0.2) is 23.0 Å². The van der Waals surface area contributed by atoms with Crippen LogP contribution in [0.25, 0.3) is 0 Å². The van der Waals surface area contributed by atoms with Crippen LogP contribution in [0.15, 0.2) is 38.0 Å². The van der Waals surface area contributed by atoms with Crippen LogP contribution in [-0.2, 0) is 33.9 Å². The molecule has 0 radical (unpaired) electrons. The molecule has 0 amide bonds. The van der Waals surface area contributed by atoms with Crippen LogP contribution < -0.4 is 10.2 Å². The average Bonchev–Trinajstić information content (AvgIpc) is 2.89. The van der Waals surface area contributed by atoms with Crippen LogP contribution in [0.3, 0.4) is 0 Å². The first kappa shape index (κ1) is 45.2. The Labute approximate surface area is 258 Å². The monoisotopic (exact) mass is 614 g/mol. The average molecular weight is 616 g/mol. The van der Waals surface area contributed by atoms with Gasteiger partial charge in [0.1, 0.15) is 0 Å². The van der Waals surface area contributed by atoms with Crippen molar-refractivity contribution in [1.82, 2.24) is 0 Å². The second-order valence-electron chi connectivity index (χ2n) is 9.98. The van der Waals surface area contributed by atoms with E-state index in [2.05, 4.69) is 19.7 Å². The van der Waals surface area contributed by atoms with E-state index in [1.165, 1.54) is 64.2 Å². The standard InChI is InChI=1S/3C11H20O2.Zn/c3*1-2-3-4-5-6-7-8-9-10-11(12)13;/h3*2H,1,3-10H2,(H,12,13);/q;;;+2/p-2. The van der Waals surface area contributed by atoms with Crippen LogP contribution >= 0.6 is 0 Å². The normalized spacial score (nSPS) is 9.60. The molecule has 0 saturated heterocycles. The predicted octanol–water partition coefficient (Wildman–Crippen LogP) is 7.46. The maximum absolute atomic E-state index is 10.2. The predicted molar refractivity (Wildman–Crippen MR) is 159 cm³/mol. The molecule has 0 aromatic heterocycles. The van der Waals surface area contributed by atoms with Gasteiger partial charge in [0.05, 0.1) is 0 Å². The largest absolute Gasteiger partial charge is 2.00 e. The van der Waals surface area contributed by atoms with Gasteiger partial charge in [0.2, 0.25) is 0 Å². The number of aliphatic carboxylic acids is 3. The van der Waals surface area contributed by atoms with Crippen molar-refractivity contribution in [2.24, 2.45) is 0 Å². The van der Waals surface area contributed by atoms with Gasteiger partial charge in [-0.1, -0.05) is 95.3 Å². The van der Waals surface area contributed by atoms with E-state index in [1.54, 1.807) is 0 Å². The molecule has 0 bridgehead atoms. The summed E-state index contributed by atoms with van der Waals surface area (Å²) in [6.45, 7) is 11.0. The topological polar surface area (TPSA) is 118 Å². The number of carbonyl (C=O) groups is 3. The first-order valence-electron chi connectivity index (χ1n) is 15.3. The molecule has 6 nitrogen and oxygen atoms in total. The molecular weight excluding hydrogens is 558 g/mol. The number of allylic oxidation sites excluding steroid dienone is 3. The van der Waals surface area contributed by atoms with Gasteiger partial charge < -0.3 is 24.9 Å². The number of carboxylic acids is 3. The van der Waals surface area contributed by atoms with Gasteiger partial charge in [0.15, 0.2) is 0 Å². The van der Waals surface area contributed by atoms with Crippen molar-refractivity contribution in [1.29, 1.82) is 0 Å². The zero-order valence-corrected chi connectivity index (χ0v) is 28.5. The summed E-state index contributed by atoms with van der Waals surface area (Å²) in [4.78, 5) is 30.3. The second-order valence-corrected chi connectivity index (χ2v) is 9.98. The smallest absolute Gasteiger partial charge is 0.550 e. The summed E-state index contributed by atoms with van der Waals surface area (Å²) in [6.07, 6.45) is 29.8. The Morgan fingerprint density at radius 2 is 0.675 bits per heavy atom. The summed E-state index contributed by atoms with van der Waals surface area (Å²) in [7, 11) is 0. The molecule has 40 heavy (non-hydrogen) atoms. The van der Waals surface area contributed by atoms with Gasteiger partial charge in [-0.25, -0.2) is 0 Å². The number of hydrogen-bond acceptors (Lipinski definition) is 5. The van der Waals surface area contributed by atoms with E-state index in [1.807, 2.05) is 18.2 Å². The Bertz CT molecular complexity index is 511. The Hall–Kier alpha value is -1.75. The van der Waals surface area contributed by atoms with Gasteiger partial charge in [-0.2, -0.15) is 0 Å². The van der Waals surface area contributed by atoms with E-state index in [0.717, 1.165) is 70.6 Å². The summed E-state index contributed by atoms with van der Waals surface area (Å²) >= 11 is 0. The van der Waals surface area contributed by atoms with Gasteiger partial charge in [-0.05, 0) is 70.6 Å². The van der Waals surface area contributed by atoms with Gasteiger partial charge in [0.25, 0.3) is 0 Å². The number of hydrogen-bond donors (Lipinski definition) is 1. The summed E-state index contributed by atoms with van der Waals surface area (Å²) in [5.41, 5.74) is 0. The van der Waals surface area contributed by atoms with E-state index in [4.69, 9.17) is 5.11 Å². The molecule has 0 spiro atoms. The fourth-order valence-electron chi connectivity index (χ4n) is 3.80. The van der Waals surface area contributed by atoms with Gasteiger partial charge in [-0.3, -0.25) is 4.79 Å². The fourth-order valence-corrected chi connectivity index (χ4v) is 3.80. The molecule has 7 heteroatoms. The summed E-state index contributed by atoms with van der Waals surface area (Å²) in [5, 5.41) is 28.5. The van der Waals surface area contributed by atoms with Crippen molar-refractivity contribution in [3.63, 3.8) is 0 Å². The minimum Gasteiger partial charge on any atom is -0.550 e. The van der Waals surface area contributed by atoms with Crippen molar-refractivity contribution in [2.45, 2.75) is 154 Å². The van der Waals surface area contributed by atoms with Gasteiger partial charge in [0, 0.05) is 18.4 Å². The van der Waals surface area contributed by atoms with Crippen molar-refractivity contribution in [3.05, 3.63) is 38.0 Å². The third-order valence-corrected chi connectivity index (χ3v) is 6.13. The summed E-state index contributed by atoms with van der Waals surface area (Å²) < 4.78 is 0. The third-order valence-electron chi connectivity index (χ3n) is 6.13. The van der Waals surface area contributed by atoms with Crippen LogP contribution in [0.4, 0.5) is 0 Å². The molecule has 0 saturated carbocycles. The maximum Gasteiger partial charge on any atom is 2.00 e. The molecule has 0 unspecified atom stereocenters. The minimum atomic E-state index is -0.924. The molecule has 1 N–H and O–H groups in total. The Morgan fingerprint density at radius 1 is 0.450 bits per heavy atom. The first-order valence-corrected chi connectivity index (χ1v) is 15.3. The van der Waals surface area contributed by atoms with Crippen LogP contribution in [0.5, 0.6) is 0 Å². The zero-order chi connectivity index (χ0) is 29.8. The van der Waals surface area contributed by atoms with E-state index in [-0.39, 0.29) is 32.3 Å². The Balaban J connectivity index is -0.000000240. The Kier molecular flexibility index (Phi) is 47.2. The van der Waals surface area contributed by atoms with E-state index in [0.29, 0.717) is 6.42 Å². The first-order chi connectivity index (χ1) is 18.8.